The first kappa shape index (κ1) is 31.4. The van der Waals surface area contributed by atoms with Gasteiger partial charge in [0.05, 0.1) is 5.41 Å². The normalized spacial score (nSPS) is 15.0. The van der Waals surface area contributed by atoms with Gasteiger partial charge in [0.15, 0.2) is 0 Å². The SMILES string of the molecule is c1ccc(-c2cccc(N(c3ccc4c(c3)C3(c5ccccc5Oc5ccc6ccccc6c53)c3ccccc3-4)c3ccc4sc5ccccc5c4c3)c2)cc1. The second kappa shape index (κ2) is 12.0. The van der Waals surface area contributed by atoms with Gasteiger partial charge in [0.2, 0.25) is 0 Å². The highest BCUT2D eigenvalue weighted by Crippen LogP contribution is 2.64. The van der Waals surface area contributed by atoms with E-state index in [-0.39, 0.29) is 0 Å². The molecule has 262 valence electrons. The molecule has 2 aliphatic rings. The van der Waals surface area contributed by atoms with Crippen molar-refractivity contribution < 1.29 is 4.74 Å². The lowest BCUT2D eigenvalue weighted by Gasteiger charge is -2.40. The number of thiophene rings is 1. The van der Waals surface area contributed by atoms with E-state index >= 15 is 0 Å². The van der Waals surface area contributed by atoms with Gasteiger partial charge in [-0.1, -0.05) is 140 Å². The van der Waals surface area contributed by atoms with Gasteiger partial charge in [0.1, 0.15) is 11.5 Å². The van der Waals surface area contributed by atoms with Gasteiger partial charge in [-0.05, 0) is 105 Å². The number of hydrogen-bond acceptors (Lipinski definition) is 3. The van der Waals surface area contributed by atoms with Crippen LogP contribution in [0.25, 0.3) is 53.2 Å². The lowest BCUT2D eigenvalue weighted by atomic mass is 9.65. The molecule has 0 saturated heterocycles. The van der Waals surface area contributed by atoms with Crippen molar-refractivity contribution in [1.29, 1.82) is 0 Å². The molecule has 0 amide bonds. The fourth-order valence-electron chi connectivity index (χ4n) is 9.56. The largest absolute Gasteiger partial charge is 0.457 e. The first-order valence-electron chi connectivity index (χ1n) is 19.2. The van der Waals surface area contributed by atoms with Crippen LogP contribution in [-0.4, -0.2) is 0 Å². The van der Waals surface area contributed by atoms with Crippen molar-refractivity contribution in [3.8, 4) is 33.8 Å². The first-order valence-corrected chi connectivity index (χ1v) is 20.0. The van der Waals surface area contributed by atoms with Crippen molar-refractivity contribution in [3.63, 3.8) is 0 Å². The molecule has 0 bridgehead atoms. The van der Waals surface area contributed by atoms with Gasteiger partial charge in [-0.25, -0.2) is 0 Å². The Morgan fingerprint density at radius 3 is 2.00 bits per heavy atom. The van der Waals surface area contributed by atoms with Crippen LogP contribution in [0.3, 0.4) is 0 Å². The van der Waals surface area contributed by atoms with Gasteiger partial charge < -0.3 is 9.64 Å². The van der Waals surface area contributed by atoms with Crippen LogP contribution < -0.4 is 9.64 Å². The van der Waals surface area contributed by atoms with E-state index in [0.717, 1.165) is 34.1 Å². The summed E-state index contributed by atoms with van der Waals surface area (Å²) in [5.74, 6) is 1.79. The summed E-state index contributed by atoms with van der Waals surface area (Å²) >= 11 is 1.85. The molecule has 12 rings (SSSR count). The molecule has 0 fully saturated rings. The third kappa shape index (κ3) is 4.43. The van der Waals surface area contributed by atoms with Crippen molar-refractivity contribution in [2.75, 3.05) is 4.90 Å². The molecule has 2 heterocycles. The number of ether oxygens (including phenoxy) is 1. The quantitative estimate of drug-likeness (QED) is 0.179. The molecule has 1 spiro atoms. The standard InChI is InChI=1S/C53H33NOS/c1-2-13-34(14-3-1)36-16-12-17-37(31-36)54(38-27-30-51-44(32-38)43-20-7-11-24-50(43)56-51)39-26-28-42-41-19-6-8-21-45(41)53(47(42)33-39)46-22-9-10-23-48(46)55-49-29-25-35-15-4-5-18-40(35)52(49)53/h1-33H. The summed E-state index contributed by atoms with van der Waals surface area (Å²) in [5.41, 5.74) is 12.5. The maximum atomic E-state index is 6.83. The molecule has 3 heteroatoms. The fraction of sp³-hybridized carbons (Fsp3) is 0.0189. The second-order valence-corrected chi connectivity index (χ2v) is 15.9. The summed E-state index contributed by atoms with van der Waals surface area (Å²) in [6.07, 6.45) is 0. The average Bonchev–Trinajstić information content (AvgIpc) is 3.77. The van der Waals surface area contributed by atoms with E-state index < -0.39 is 5.41 Å². The van der Waals surface area contributed by atoms with E-state index in [9.17, 15) is 0 Å². The number of para-hydroxylation sites is 1. The van der Waals surface area contributed by atoms with Crippen molar-refractivity contribution in [2.24, 2.45) is 0 Å². The fourth-order valence-corrected chi connectivity index (χ4v) is 10.6. The number of benzene rings is 9. The summed E-state index contributed by atoms with van der Waals surface area (Å²) in [6, 6.07) is 73.3. The maximum Gasteiger partial charge on any atom is 0.132 e. The second-order valence-electron chi connectivity index (χ2n) is 14.8. The average molecular weight is 732 g/mol. The number of hydrogen-bond donors (Lipinski definition) is 0. The molecule has 1 unspecified atom stereocenters. The molecule has 1 atom stereocenters. The minimum absolute atomic E-state index is 0.613. The third-order valence-electron chi connectivity index (χ3n) is 11.9. The van der Waals surface area contributed by atoms with Gasteiger partial charge in [-0.15, -0.1) is 11.3 Å². The Bertz CT molecular complexity index is 3200. The lowest BCUT2D eigenvalue weighted by molar-refractivity contribution is 0.438. The van der Waals surface area contributed by atoms with Gasteiger partial charge in [0, 0.05) is 48.4 Å². The van der Waals surface area contributed by atoms with E-state index in [0.29, 0.717) is 0 Å². The topological polar surface area (TPSA) is 12.5 Å². The Hall–Kier alpha value is -6.94. The van der Waals surface area contributed by atoms with Gasteiger partial charge in [-0.3, -0.25) is 0 Å². The zero-order chi connectivity index (χ0) is 36.8. The molecule has 0 radical (unpaired) electrons. The van der Waals surface area contributed by atoms with Gasteiger partial charge in [0.25, 0.3) is 0 Å². The van der Waals surface area contributed by atoms with E-state index in [4.69, 9.17) is 4.74 Å². The molecular weight excluding hydrogens is 699 g/mol. The van der Waals surface area contributed by atoms with Gasteiger partial charge in [-0.2, -0.15) is 0 Å². The van der Waals surface area contributed by atoms with E-state index in [1.165, 1.54) is 69.9 Å². The molecule has 0 saturated carbocycles. The number of nitrogens with zero attached hydrogens (tertiary/aromatic N) is 1. The van der Waals surface area contributed by atoms with E-state index in [1.54, 1.807) is 0 Å². The minimum atomic E-state index is -0.613. The zero-order valence-corrected chi connectivity index (χ0v) is 31.1. The van der Waals surface area contributed by atoms with Crippen LogP contribution in [0.1, 0.15) is 22.3 Å². The highest BCUT2D eigenvalue weighted by Gasteiger charge is 2.52. The number of rotatable bonds is 4. The maximum absolute atomic E-state index is 6.83. The number of fused-ring (bicyclic) bond motifs is 14. The lowest BCUT2D eigenvalue weighted by Crippen LogP contribution is -2.32. The molecule has 1 aromatic heterocycles. The van der Waals surface area contributed by atoms with Crippen LogP contribution in [0.4, 0.5) is 17.1 Å². The monoisotopic (exact) mass is 731 g/mol. The summed E-state index contributed by atoms with van der Waals surface area (Å²) < 4.78 is 9.43. The van der Waals surface area contributed by atoms with E-state index in [2.05, 4.69) is 205 Å². The zero-order valence-electron chi connectivity index (χ0n) is 30.3. The Morgan fingerprint density at radius 2 is 1.07 bits per heavy atom. The molecule has 2 nitrogen and oxygen atoms in total. The van der Waals surface area contributed by atoms with Crippen LogP contribution >= 0.6 is 11.3 Å². The molecule has 9 aromatic carbocycles. The molecular formula is C53H33NOS. The smallest absolute Gasteiger partial charge is 0.132 e. The molecule has 1 aliphatic carbocycles. The van der Waals surface area contributed by atoms with Crippen LogP contribution in [0.5, 0.6) is 11.5 Å². The summed E-state index contributed by atoms with van der Waals surface area (Å²) in [5, 5.41) is 4.97. The van der Waals surface area contributed by atoms with Gasteiger partial charge >= 0.3 is 0 Å². The minimum Gasteiger partial charge on any atom is -0.457 e. The Morgan fingerprint density at radius 1 is 0.393 bits per heavy atom. The number of anilines is 3. The van der Waals surface area contributed by atoms with Crippen LogP contribution in [0.2, 0.25) is 0 Å². The summed E-state index contributed by atoms with van der Waals surface area (Å²) in [7, 11) is 0. The predicted molar refractivity (Wildman–Crippen MR) is 234 cm³/mol. The van der Waals surface area contributed by atoms with Crippen LogP contribution in [0, 0.1) is 0 Å². The summed E-state index contributed by atoms with van der Waals surface area (Å²) in [6.45, 7) is 0. The highest BCUT2D eigenvalue weighted by atomic mass is 32.1. The van der Waals surface area contributed by atoms with Crippen molar-refractivity contribution in [3.05, 3.63) is 222 Å². The molecule has 0 N–H and O–H groups in total. The highest BCUT2D eigenvalue weighted by molar-refractivity contribution is 7.25. The van der Waals surface area contributed by atoms with E-state index in [1.807, 2.05) is 11.3 Å². The summed E-state index contributed by atoms with van der Waals surface area (Å²) in [4.78, 5) is 2.45. The molecule has 10 aromatic rings. The first-order chi connectivity index (χ1) is 27.8. The Labute approximate surface area is 329 Å². The predicted octanol–water partition coefficient (Wildman–Crippen LogP) is 14.8. The molecule has 56 heavy (non-hydrogen) atoms. The van der Waals surface area contributed by atoms with Crippen molar-refractivity contribution in [2.45, 2.75) is 5.41 Å². The van der Waals surface area contributed by atoms with Crippen LogP contribution in [-0.2, 0) is 5.41 Å². The molecule has 1 aliphatic heterocycles. The van der Waals surface area contributed by atoms with Crippen molar-refractivity contribution in [1.82, 2.24) is 0 Å². The Kier molecular flexibility index (Phi) is 6.75. The van der Waals surface area contributed by atoms with Crippen LogP contribution in [0.15, 0.2) is 200 Å². The Balaban J connectivity index is 1.16. The van der Waals surface area contributed by atoms with Crippen molar-refractivity contribution >= 4 is 59.3 Å². The third-order valence-corrected chi connectivity index (χ3v) is 13.0.